The van der Waals surface area contributed by atoms with Gasteiger partial charge < -0.3 is 19.9 Å². The third-order valence-electron chi connectivity index (χ3n) is 12.9. The van der Waals surface area contributed by atoms with Crippen molar-refractivity contribution in [2.24, 2.45) is 11.3 Å². The molecule has 19 heteroatoms. The van der Waals surface area contributed by atoms with Gasteiger partial charge in [-0.1, -0.05) is 6.07 Å². The molecule has 1 saturated carbocycles. The maximum Gasteiger partial charge on any atom is 0.433 e. The quantitative estimate of drug-likeness (QED) is 0.188. The average molecular weight is 845 g/mol. The first kappa shape index (κ1) is 40.0. The monoisotopic (exact) mass is 844 g/mol. The summed E-state index contributed by atoms with van der Waals surface area (Å²) in [5.74, 6) is -4.10. The molecule has 15 nitrogen and oxygen atoms in total. The minimum Gasteiger partial charge on any atom is -0.494 e. The number of methoxy groups -OCH3 is 1. The van der Waals surface area contributed by atoms with E-state index in [0.29, 0.717) is 49.9 Å². The van der Waals surface area contributed by atoms with Crippen molar-refractivity contribution in [1.29, 1.82) is 0 Å². The number of ether oxygens (including phenoxy) is 1. The molecule has 1 spiro atoms. The van der Waals surface area contributed by atoms with Gasteiger partial charge in [0.05, 0.1) is 41.2 Å². The third-order valence-corrected chi connectivity index (χ3v) is 12.9. The number of aromatic nitrogens is 3. The molecule has 61 heavy (non-hydrogen) atoms. The molecule has 1 atom stereocenters. The first-order valence-electron chi connectivity index (χ1n) is 20.1. The summed E-state index contributed by atoms with van der Waals surface area (Å²) in [5.41, 5.74) is -0.593. The van der Waals surface area contributed by atoms with Gasteiger partial charge in [-0.2, -0.15) is 18.3 Å². The Morgan fingerprint density at radius 3 is 2.31 bits per heavy atom. The smallest absolute Gasteiger partial charge is 0.433 e. The summed E-state index contributed by atoms with van der Waals surface area (Å²) >= 11 is 0. The maximum atomic E-state index is 15.5. The van der Waals surface area contributed by atoms with E-state index in [1.54, 1.807) is 17.0 Å². The summed E-state index contributed by atoms with van der Waals surface area (Å²) < 4.78 is 62.4. The second kappa shape index (κ2) is 14.9. The molecule has 3 saturated heterocycles. The van der Waals surface area contributed by atoms with Crippen molar-refractivity contribution in [2.45, 2.75) is 69.6 Å². The number of nitrogens with zero attached hydrogens (tertiary/aromatic N) is 6. The van der Waals surface area contributed by atoms with Crippen LogP contribution in [0.2, 0.25) is 0 Å². The Hall–Kier alpha value is -6.40. The fourth-order valence-corrected chi connectivity index (χ4v) is 9.51. The molecule has 0 radical (unpaired) electrons. The number of carbonyl (C=O) groups is 6. The summed E-state index contributed by atoms with van der Waals surface area (Å²) in [4.78, 5) is 85.0. The van der Waals surface area contributed by atoms with Gasteiger partial charge in [-0.3, -0.25) is 43.7 Å². The van der Waals surface area contributed by atoms with Crippen molar-refractivity contribution in [3.63, 3.8) is 0 Å². The Balaban J connectivity index is 0.780. The highest BCUT2D eigenvalue weighted by atomic mass is 19.4. The van der Waals surface area contributed by atoms with Crippen LogP contribution in [0.25, 0.3) is 10.9 Å². The summed E-state index contributed by atoms with van der Waals surface area (Å²) in [6, 6.07) is 7.78. The number of alkyl halides is 3. The lowest BCUT2D eigenvalue weighted by Gasteiger charge is -2.52. The molecule has 6 amide bonds. The number of halogens is 4. The third kappa shape index (κ3) is 7.22. The number of hydrogen-bond acceptors (Lipinski definition) is 10. The van der Waals surface area contributed by atoms with Crippen LogP contribution in [0, 0.1) is 17.2 Å². The van der Waals surface area contributed by atoms with Crippen LogP contribution < -0.4 is 20.3 Å². The number of fused-ring (bicyclic) bond motifs is 2. The Labute approximate surface area is 345 Å². The lowest BCUT2D eigenvalue weighted by atomic mass is 9.60. The second-order valence-electron chi connectivity index (χ2n) is 16.5. The molecule has 1 unspecified atom stereocenters. The fraction of sp³-hybridized carbons (Fsp3) is 0.429. The van der Waals surface area contributed by atoms with E-state index in [9.17, 15) is 41.9 Å². The SMILES string of the molecule is COc1cc2nn(C3CC4(CCN(C(=O)C5CCN(c6cc7c(cc6F)C(=O)N(C6CCC(=O)NC6=O)C7=O)CC5)CC4)C3)cc2cc1NC(=O)c1cccc(C(F)(F)F)n1. The Morgan fingerprint density at radius 1 is 0.934 bits per heavy atom. The van der Waals surface area contributed by atoms with E-state index in [2.05, 4.69) is 15.6 Å². The predicted molar refractivity (Wildman–Crippen MR) is 208 cm³/mol. The molecule has 6 heterocycles. The molecule has 1 aliphatic carbocycles. The van der Waals surface area contributed by atoms with Crippen LogP contribution in [0.4, 0.5) is 28.9 Å². The average Bonchev–Trinajstić information content (AvgIpc) is 3.75. The van der Waals surface area contributed by atoms with Crippen LogP contribution in [0.5, 0.6) is 5.75 Å². The van der Waals surface area contributed by atoms with Gasteiger partial charge in [0.15, 0.2) is 0 Å². The maximum absolute atomic E-state index is 15.5. The molecule has 9 rings (SSSR count). The number of carbonyl (C=O) groups excluding carboxylic acids is 6. The van der Waals surface area contributed by atoms with Gasteiger partial charge >= 0.3 is 6.18 Å². The highest BCUT2D eigenvalue weighted by Gasteiger charge is 2.49. The number of imide groups is 2. The molecule has 0 bridgehead atoms. The summed E-state index contributed by atoms with van der Waals surface area (Å²) in [6.07, 6.45) is 1.54. The van der Waals surface area contributed by atoms with Gasteiger partial charge in [0.25, 0.3) is 17.7 Å². The Kier molecular flexibility index (Phi) is 9.81. The van der Waals surface area contributed by atoms with E-state index in [1.165, 1.54) is 19.2 Å². The van der Waals surface area contributed by atoms with E-state index in [0.717, 1.165) is 48.8 Å². The van der Waals surface area contributed by atoms with Crippen molar-refractivity contribution in [2.75, 3.05) is 43.5 Å². The van der Waals surface area contributed by atoms with Gasteiger partial charge in [0, 0.05) is 56.2 Å². The summed E-state index contributed by atoms with van der Waals surface area (Å²) in [6.45, 7) is 1.98. The number of amides is 6. The number of rotatable bonds is 7. The molecule has 2 aromatic carbocycles. The van der Waals surface area contributed by atoms with Crippen LogP contribution in [0.3, 0.4) is 0 Å². The second-order valence-corrected chi connectivity index (χ2v) is 16.5. The van der Waals surface area contributed by atoms with E-state index in [-0.39, 0.29) is 64.4 Å². The molecule has 2 N–H and O–H groups in total. The zero-order valence-electron chi connectivity index (χ0n) is 32.9. The van der Waals surface area contributed by atoms with Gasteiger partial charge in [0.2, 0.25) is 17.7 Å². The molecule has 5 aliphatic rings. The van der Waals surface area contributed by atoms with Crippen molar-refractivity contribution in [1.82, 2.24) is 29.9 Å². The molecule has 4 aliphatic heterocycles. The van der Waals surface area contributed by atoms with Gasteiger partial charge in [-0.05, 0) is 80.7 Å². The van der Waals surface area contributed by atoms with Gasteiger partial charge in [-0.15, -0.1) is 0 Å². The van der Waals surface area contributed by atoms with Crippen LogP contribution in [-0.2, 0) is 20.6 Å². The van der Waals surface area contributed by atoms with Crippen molar-refractivity contribution >= 4 is 57.7 Å². The van der Waals surface area contributed by atoms with E-state index >= 15 is 4.39 Å². The topological polar surface area (TPSA) is 176 Å². The molecular formula is C42H40F4N8O7. The van der Waals surface area contributed by atoms with Crippen molar-refractivity contribution in [3.05, 3.63) is 77.0 Å². The first-order chi connectivity index (χ1) is 29.1. The molecule has 2 aromatic heterocycles. The first-order valence-corrected chi connectivity index (χ1v) is 20.1. The van der Waals surface area contributed by atoms with Crippen LogP contribution in [0.1, 0.15) is 94.3 Å². The van der Waals surface area contributed by atoms with Gasteiger partial charge in [-0.25, -0.2) is 9.37 Å². The number of likely N-dealkylation sites (tertiary alicyclic amines) is 1. The lowest BCUT2D eigenvalue weighted by Crippen LogP contribution is -2.54. The summed E-state index contributed by atoms with van der Waals surface area (Å²) in [5, 5.41) is 10.2. The van der Waals surface area contributed by atoms with E-state index < -0.39 is 59.0 Å². The number of benzene rings is 2. The number of pyridine rings is 1. The molecule has 4 fully saturated rings. The van der Waals surface area contributed by atoms with Gasteiger partial charge in [0.1, 0.15) is 29.0 Å². The lowest BCUT2D eigenvalue weighted by molar-refractivity contribution is -0.141. The van der Waals surface area contributed by atoms with E-state index in [4.69, 9.17) is 9.84 Å². The minimum absolute atomic E-state index is 0.00144. The largest absolute Gasteiger partial charge is 0.494 e. The number of anilines is 2. The highest BCUT2D eigenvalue weighted by Crippen LogP contribution is 2.55. The Morgan fingerprint density at radius 2 is 1.64 bits per heavy atom. The van der Waals surface area contributed by atoms with Crippen molar-refractivity contribution < 1.29 is 51.1 Å². The predicted octanol–water partition coefficient (Wildman–Crippen LogP) is 5.11. The van der Waals surface area contributed by atoms with Crippen LogP contribution in [-0.4, -0.2) is 99.3 Å². The zero-order valence-corrected chi connectivity index (χ0v) is 32.9. The molecular weight excluding hydrogens is 805 g/mol. The number of nitrogens with one attached hydrogen (secondary N) is 2. The minimum atomic E-state index is -4.70. The summed E-state index contributed by atoms with van der Waals surface area (Å²) in [7, 11) is 1.42. The van der Waals surface area contributed by atoms with Crippen molar-refractivity contribution in [3.8, 4) is 5.75 Å². The normalized spacial score (nSPS) is 20.9. The number of piperidine rings is 3. The number of hydrogen-bond donors (Lipinski definition) is 2. The molecule has 4 aromatic rings. The standard InChI is InChI=1S/C42H40F4N8O7/c1-61-33-18-29-23(15-30(33)48-36(56)28-3-2-4-34(47-28)42(44,45)46)21-53(50-29)24-19-41(20-24)9-13-52(14-10-41)38(58)22-7-11-51(12-8-22)32-17-26-25(16-27(32)43)39(59)54(40(26)60)31-5-6-35(55)49-37(31)57/h2-4,15-18,21-22,24,31H,5-14,19-20H2,1H3,(H,48,56)(H,49,55,57). The Bertz CT molecular complexity index is 2520. The van der Waals surface area contributed by atoms with Crippen LogP contribution >= 0.6 is 0 Å². The molecule has 318 valence electrons. The fourth-order valence-electron chi connectivity index (χ4n) is 9.51. The highest BCUT2D eigenvalue weighted by molar-refractivity contribution is 6.23. The van der Waals surface area contributed by atoms with E-state index in [1.807, 2.05) is 15.8 Å². The van der Waals surface area contributed by atoms with Crippen LogP contribution in [0.15, 0.2) is 48.7 Å². The zero-order chi connectivity index (χ0) is 43.0.